The minimum Gasteiger partial charge on any atom is -0.349 e. The van der Waals surface area contributed by atoms with Crippen LogP contribution >= 0.6 is 0 Å². The van der Waals surface area contributed by atoms with E-state index in [1.54, 1.807) is 0 Å². The topological polar surface area (TPSA) is 62.2 Å². The van der Waals surface area contributed by atoms with E-state index in [1.165, 1.54) is 16.8 Å². The highest BCUT2D eigenvalue weighted by Crippen LogP contribution is 2.29. The van der Waals surface area contributed by atoms with Crippen molar-refractivity contribution in [3.05, 3.63) is 46.3 Å². The lowest BCUT2D eigenvalue weighted by molar-refractivity contribution is 0.0941. The lowest BCUT2D eigenvalue weighted by Gasteiger charge is -2.27. The summed E-state index contributed by atoms with van der Waals surface area (Å²) >= 11 is 0. The Kier molecular flexibility index (Phi) is 5.27. The number of benzene rings is 1. The molecule has 144 valence electrons. The molecule has 0 atom stereocenters. The predicted octanol–water partition coefficient (Wildman–Crippen LogP) is 1.61. The summed E-state index contributed by atoms with van der Waals surface area (Å²) in [6.45, 7) is 9.93. The molecule has 0 radical (unpaired) electrons. The van der Waals surface area contributed by atoms with Crippen molar-refractivity contribution < 1.29 is 4.79 Å². The Labute approximate surface area is 160 Å². The van der Waals surface area contributed by atoms with E-state index in [0.717, 1.165) is 63.2 Å². The van der Waals surface area contributed by atoms with Crippen LogP contribution in [0.5, 0.6) is 0 Å². The summed E-state index contributed by atoms with van der Waals surface area (Å²) in [7, 11) is 0. The molecule has 1 amide bonds. The molecule has 0 bridgehead atoms. The minimum atomic E-state index is -0.0354. The summed E-state index contributed by atoms with van der Waals surface area (Å²) in [5, 5.41) is 11.2. The number of hydrogen-bond donors (Lipinski definition) is 2. The van der Waals surface area contributed by atoms with Crippen LogP contribution in [-0.4, -0.2) is 59.9 Å². The van der Waals surface area contributed by atoms with Gasteiger partial charge in [0, 0.05) is 50.5 Å². The third kappa shape index (κ3) is 3.77. The molecule has 1 aromatic heterocycles. The number of carbonyl (C=O) groups is 1. The van der Waals surface area contributed by atoms with Crippen LogP contribution in [0.15, 0.2) is 18.2 Å². The van der Waals surface area contributed by atoms with Crippen LogP contribution in [0.25, 0.3) is 5.69 Å². The Morgan fingerprint density at radius 3 is 2.81 bits per heavy atom. The number of rotatable bonds is 5. The molecule has 0 spiro atoms. The molecule has 2 aromatic rings. The van der Waals surface area contributed by atoms with Gasteiger partial charge in [0.25, 0.3) is 5.91 Å². The van der Waals surface area contributed by atoms with E-state index in [-0.39, 0.29) is 5.91 Å². The molecule has 4 rings (SSSR count). The van der Waals surface area contributed by atoms with Crippen molar-refractivity contribution in [2.45, 2.75) is 33.1 Å². The van der Waals surface area contributed by atoms with Crippen molar-refractivity contribution in [1.29, 1.82) is 0 Å². The maximum atomic E-state index is 12.8. The van der Waals surface area contributed by atoms with Gasteiger partial charge in [-0.2, -0.15) is 5.10 Å². The molecule has 27 heavy (non-hydrogen) atoms. The van der Waals surface area contributed by atoms with E-state index in [1.807, 2.05) is 4.68 Å². The second kappa shape index (κ2) is 7.82. The molecule has 2 heterocycles. The van der Waals surface area contributed by atoms with Gasteiger partial charge in [-0.1, -0.05) is 17.7 Å². The highest BCUT2D eigenvalue weighted by molar-refractivity contribution is 5.94. The number of amides is 1. The zero-order valence-corrected chi connectivity index (χ0v) is 16.3. The molecule has 2 aliphatic rings. The molecular weight excluding hydrogens is 338 g/mol. The van der Waals surface area contributed by atoms with Gasteiger partial charge in [0.15, 0.2) is 5.69 Å². The first kappa shape index (κ1) is 18.2. The molecule has 6 nitrogen and oxygen atoms in total. The summed E-state index contributed by atoms with van der Waals surface area (Å²) in [6, 6.07) is 6.40. The van der Waals surface area contributed by atoms with E-state index < -0.39 is 0 Å². The van der Waals surface area contributed by atoms with Gasteiger partial charge in [-0.15, -0.1) is 0 Å². The number of fused-ring (bicyclic) bond motifs is 1. The normalized spacial score (nSPS) is 17.1. The number of piperazine rings is 1. The maximum absolute atomic E-state index is 12.8. The standard InChI is InChI=1S/C21H29N5O/c1-15-6-7-18(16(2)14-15)26-19-5-3-4-17(19)20(24-26)21(27)23-10-13-25-11-8-22-9-12-25/h6-7,14,22H,3-5,8-13H2,1-2H3,(H,23,27). The van der Waals surface area contributed by atoms with Crippen LogP contribution < -0.4 is 10.6 Å². The number of nitrogens with zero attached hydrogens (tertiary/aromatic N) is 3. The van der Waals surface area contributed by atoms with Crippen LogP contribution in [0.1, 0.15) is 39.3 Å². The fourth-order valence-corrected chi connectivity index (χ4v) is 4.21. The molecule has 1 aliphatic heterocycles. The first-order valence-electron chi connectivity index (χ1n) is 10.0. The van der Waals surface area contributed by atoms with Crippen molar-refractivity contribution in [2.24, 2.45) is 0 Å². The van der Waals surface area contributed by atoms with Gasteiger partial charge in [0.1, 0.15) is 0 Å². The number of nitrogens with one attached hydrogen (secondary N) is 2. The van der Waals surface area contributed by atoms with Crippen LogP contribution in [0, 0.1) is 13.8 Å². The molecule has 0 saturated carbocycles. The Morgan fingerprint density at radius 2 is 2.04 bits per heavy atom. The van der Waals surface area contributed by atoms with Gasteiger partial charge >= 0.3 is 0 Å². The highest BCUT2D eigenvalue weighted by atomic mass is 16.2. The summed E-state index contributed by atoms with van der Waals surface area (Å²) < 4.78 is 2.00. The van der Waals surface area contributed by atoms with E-state index in [0.29, 0.717) is 12.2 Å². The Balaban J connectivity index is 1.50. The lowest BCUT2D eigenvalue weighted by atomic mass is 10.1. The summed E-state index contributed by atoms with van der Waals surface area (Å²) in [5.74, 6) is -0.0354. The van der Waals surface area contributed by atoms with Crippen LogP contribution in [0.3, 0.4) is 0 Å². The third-order valence-corrected chi connectivity index (χ3v) is 5.65. The van der Waals surface area contributed by atoms with E-state index in [2.05, 4.69) is 47.6 Å². The number of hydrogen-bond acceptors (Lipinski definition) is 4. The number of aromatic nitrogens is 2. The lowest BCUT2D eigenvalue weighted by Crippen LogP contribution is -2.46. The first-order valence-corrected chi connectivity index (χ1v) is 10.0. The highest BCUT2D eigenvalue weighted by Gasteiger charge is 2.27. The second-order valence-corrected chi connectivity index (χ2v) is 7.68. The Morgan fingerprint density at radius 1 is 1.22 bits per heavy atom. The zero-order chi connectivity index (χ0) is 18.8. The summed E-state index contributed by atoms with van der Waals surface area (Å²) in [5.41, 5.74) is 6.47. The predicted molar refractivity (Wildman–Crippen MR) is 107 cm³/mol. The maximum Gasteiger partial charge on any atom is 0.272 e. The van der Waals surface area contributed by atoms with Gasteiger partial charge in [-0.3, -0.25) is 9.69 Å². The van der Waals surface area contributed by atoms with Crippen molar-refractivity contribution in [2.75, 3.05) is 39.3 Å². The van der Waals surface area contributed by atoms with E-state index >= 15 is 0 Å². The van der Waals surface area contributed by atoms with Crippen molar-refractivity contribution in [3.63, 3.8) is 0 Å². The smallest absolute Gasteiger partial charge is 0.272 e. The summed E-state index contributed by atoms with van der Waals surface area (Å²) in [6.07, 6.45) is 3.03. The minimum absolute atomic E-state index is 0.0354. The molecule has 1 aromatic carbocycles. The monoisotopic (exact) mass is 367 g/mol. The molecule has 0 unspecified atom stereocenters. The molecule has 1 saturated heterocycles. The van der Waals surface area contributed by atoms with Gasteiger partial charge in [0.05, 0.1) is 5.69 Å². The van der Waals surface area contributed by atoms with Gasteiger partial charge in [0.2, 0.25) is 0 Å². The third-order valence-electron chi connectivity index (χ3n) is 5.65. The van der Waals surface area contributed by atoms with Crippen LogP contribution in [0.4, 0.5) is 0 Å². The SMILES string of the molecule is Cc1ccc(-n2nc(C(=O)NCCN3CCNCC3)c3c2CCC3)c(C)c1. The Bertz CT molecular complexity index is 835. The quantitative estimate of drug-likeness (QED) is 0.843. The second-order valence-electron chi connectivity index (χ2n) is 7.68. The fraction of sp³-hybridized carbons (Fsp3) is 0.524. The molecule has 2 N–H and O–H groups in total. The van der Waals surface area contributed by atoms with Gasteiger partial charge in [-0.25, -0.2) is 4.68 Å². The number of aryl methyl sites for hydroxylation is 2. The van der Waals surface area contributed by atoms with E-state index in [9.17, 15) is 4.79 Å². The molecular formula is C21H29N5O. The van der Waals surface area contributed by atoms with Gasteiger partial charge in [-0.05, 0) is 44.7 Å². The van der Waals surface area contributed by atoms with E-state index in [4.69, 9.17) is 5.10 Å². The number of carbonyl (C=O) groups excluding carboxylic acids is 1. The largest absolute Gasteiger partial charge is 0.349 e. The molecule has 1 aliphatic carbocycles. The van der Waals surface area contributed by atoms with Crippen molar-refractivity contribution >= 4 is 5.91 Å². The fourth-order valence-electron chi connectivity index (χ4n) is 4.21. The van der Waals surface area contributed by atoms with Crippen molar-refractivity contribution in [3.8, 4) is 5.69 Å². The first-order chi connectivity index (χ1) is 13.1. The van der Waals surface area contributed by atoms with Gasteiger partial charge < -0.3 is 10.6 Å². The molecule has 1 fully saturated rings. The van der Waals surface area contributed by atoms with Crippen molar-refractivity contribution in [1.82, 2.24) is 25.3 Å². The summed E-state index contributed by atoms with van der Waals surface area (Å²) in [4.78, 5) is 15.2. The average molecular weight is 367 g/mol. The zero-order valence-electron chi connectivity index (χ0n) is 16.3. The van der Waals surface area contributed by atoms with Crippen LogP contribution in [-0.2, 0) is 12.8 Å². The average Bonchev–Trinajstić information content (AvgIpc) is 3.26. The molecule has 6 heteroatoms. The Hall–Kier alpha value is -2.18. The van der Waals surface area contributed by atoms with Crippen LogP contribution in [0.2, 0.25) is 0 Å².